The molecular weight excluding hydrogens is 351 g/mol. The highest BCUT2D eigenvalue weighted by atomic mass is 19.4. The summed E-state index contributed by atoms with van der Waals surface area (Å²) in [6.07, 6.45) is -1.16. The average Bonchev–Trinajstić information content (AvgIpc) is 3.10. The van der Waals surface area contributed by atoms with Crippen LogP contribution in [0.1, 0.15) is 18.4 Å². The number of hydrogen-bond acceptors (Lipinski definition) is 5. The number of benzene rings is 1. The van der Waals surface area contributed by atoms with E-state index < -0.39 is 17.6 Å². The monoisotopic (exact) mass is 369 g/mol. The molecule has 1 aromatic carbocycles. The summed E-state index contributed by atoms with van der Waals surface area (Å²) in [4.78, 5) is 17.9. The van der Waals surface area contributed by atoms with Crippen molar-refractivity contribution < 1.29 is 23.1 Å². The van der Waals surface area contributed by atoms with Crippen molar-refractivity contribution in [2.75, 3.05) is 25.0 Å². The van der Waals surface area contributed by atoms with E-state index in [0.29, 0.717) is 25.9 Å². The van der Waals surface area contributed by atoms with Crippen LogP contribution in [0.15, 0.2) is 30.9 Å². The molecular formula is C16H18F3N5O2. The number of anilines is 1. The number of halogens is 3. The van der Waals surface area contributed by atoms with E-state index in [0.717, 1.165) is 12.1 Å². The van der Waals surface area contributed by atoms with E-state index in [1.165, 1.54) is 23.4 Å². The van der Waals surface area contributed by atoms with Crippen LogP contribution in [0.25, 0.3) is 5.69 Å². The van der Waals surface area contributed by atoms with Crippen LogP contribution in [0.2, 0.25) is 0 Å². The Morgan fingerprint density at radius 2 is 2.04 bits per heavy atom. The molecule has 26 heavy (non-hydrogen) atoms. The summed E-state index contributed by atoms with van der Waals surface area (Å²) >= 11 is 0. The van der Waals surface area contributed by atoms with Crippen LogP contribution in [0.4, 0.5) is 18.9 Å². The fourth-order valence-corrected chi connectivity index (χ4v) is 2.82. The molecule has 3 rings (SSSR count). The van der Waals surface area contributed by atoms with E-state index in [1.54, 1.807) is 0 Å². The van der Waals surface area contributed by atoms with Gasteiger partial charge in [0, 0.05) is 13.1 Å². The van der Waals surface area contributed by atoms with Crippen molar-refractivity contribution in [2.24, 2.45) is 0 Å². The van der Waals surface area contributed by atoms with Crippen molar-refractivity contribution in [3.8, 4) is 5.69 Å². The van der Waals surface area contributed by atoms with Gasteiger partial charge in [-0.25, -0.2) is 9.67 Å². The molecule has 0 bridgehead atoms. The quantitative estimate of drug-likeness (QED) is 0.857. The van der Waals surface area contributed by atoms with E-state index >= 15 is 0 Å². The van der Waals surface area contributed by atoms with Crippen LogP contribution < -0.4 is 5.32 Å². The first-order valence-corrected chi connectivity index (χ1v) is 8.09. The van der Waals surface area contributed by atoms with E-state index in [2.05, 4.69) is 15.4 Å². The predicted octanol–water partition coefficient (Wildman–Crippen LogP) is 1.68. The number of alkyl halides is 3. The Labute approximate surface area is 147 Å². The summed E-state index contributed by atoms with van der Waals surface area (Å²) in [5.41, 5.74) is -0.567. The van der Waals surface area contributed by atoms with Crippen LogP contribution in [-0.4, -0.2) is 56.4 Å². The first-order chi connectivity index (χ1) is 12.3. The number of aliphatic hydroxyl groups is 1. The van der Waals surface area contributed by atoms with Crippen molar-refractivity contribution in [3.05, 3.63) is 36.4 Å². The molecule has 140 valence electrons. The molecule has 7 nitrogen and oxygen atoms in total. The highest BCUT2D eigenvalue weighted by Crippen LogP contribution is 2.33. The number of piperidine rings is 1. The number of nitrogens with one attached hydrogen (secondary N) is 1. The second-order valence-corrected chi connectivity index (χ2v) is 6.13. The minimum atomic E-state index is -4.52. The average molecular weight is 369 g/mol. The molecule has 1 fully saturated rings. The first-order valence-electron chi connectivity index (χ1n) is 8.09. The van der Waals surface area contributed by atoms with Gasteiger partial charge in [-0.15, -0.1) is 0 Å². The summed E-state index contributed by atoms with van der Waals surface area (Å²) in [7, 11) is 0. The third-order valence-electron chi connectivity index (χ3n) is 4.19. The summed E-state index contributed by atoms with van der Waals surface area (Å²) in [6.45, 7) is 1.17. The van der Waals surface area contributed by atoms with E-state index in [9.17, 15) is 23.1 Å². The first kappa shape index (κ1) is 18.3. The molecule has 2 aromatic rings. The molecule has 1 amide bonds. The lowest BCUT2D eigenvalue weighted by Crippen LogP contribution is -2.40. The summed E-state index contributed by atoms with van der Waals surface area (Å²) in [6, 6.07) is 3.05. The molecule has 1 aliphatic heterocycles. The number of likely N-dealkylation sites (tertiary alicyclic amines) is 1. The third kappa shape index (κ3) is 4.38. The molecule has 2 N–H and O–H groups in total. The Bertz CT molecular complexity index is 756. The van der Waals surface area contributed by atoms with Gasteiger partial charge < -0.3 is 10.4 Å². The van der Waals surface area contributed by atoms with Crippen molar-refractivity contribution in [3.63, 3.8) is 0 Å². The van der Waals surface area contributed by atoms with Gasteiger partial charge in [-0.1, -0.05) is 0 Å². The number of nitrogens with zero attached hydrogens (tertiary/aromatic N) is 4. The van der Waals surface area contributed by atoms with Gasteiger partial charge in [0.25, 0.3) is 0 Å². The maximum atomic E-state index is 13.0. The number of aromatic nitrogens is 3. The van der Waals surface area contributed by atoms with Gasteiger partial charge in [0.05, 0.1) is 29.6 Å². The smallest absolute Gasteiger partial charge is 0.393 e. The SMILES string of the molecule is O=C(CN1CCC(O)CC1)Nc1cc(C(F)(F)F)ccc1-n1cncn1. The van der Waals surface area contributed by atoms with Gasteiger partial charge >= 0.3 is 6.18 Å². The molecule has 0 spiro atoms. The Morgan fingerprint density at radius 3 is 2.65 bits per heavy atom. The van der Waals surface area contributed by atoms with Crippen LogP contribution in [-0.2, 0) is 11.0 Å². The van der Waals surface area contributed by atoms with Crippen LogP contribution in [0.3, 0.4) is 0 Å². The zero-order valence-electron chi connectivity index (χ0n) is 13.8. The third-order valence-corrected chi connectivity index (χ3v) is 4.19. The minimum absolute atomic E-state index is 0.00682. The molecule has 0 radical (unpaired) electrons. The standard InChI is InChI=1S/C16H18F3N5O2/c17-16(18,19)11-1-2-14(24-10-20-9-21-24)13(7-11)22-15(26)8-23-5-3-12(25)4-6-23/h1-2,7,9-10,12,25H,3-6,8H2,(H,22,26). The van der Waals surface area contributed by atoms with Crippen molar-refractivity contribution >= 4 is 11.6 Å². The molecule has 0 saturated carbocycles. The van der Waals surface area contributed by atoms with E-state index in [-0.39, 0.29) is 24.0 Å². The number of rotatable bonds is 4. The van der Waals surface area contributed by atoms with Gasteiger partial charge in [0.1, 0.15) is 12.7 Å². The molecule has 2 heterocycles. The van der Waals surface area contributed by atoms with E-state index in [1.807, 2.05) is 4.90 Å². The zero-order chi connectivity index (χ0) is 18.7. The molecule has 0 unspecified atom stereocenters. The van der Waals surface area contributed by atoms with E-state index in [4.69, 9.17) is 0 Å². The molecule has 0 aliphatic carbocycles. The maximum absolute atomic E-state index is 13.0. The lowest BCUT2D eigenvalue weighted by Gasteiger charge is -2.28. The largest absolute Gasteiger partial charge is 0.416 e. The normalized spacial score (nSPS) is 16.6. The molecule has 0 atom stereocenters. The van der Waals surface area contributed by atoms with Gasteiger partial charge in [-0.3, -0.25) is 9.69 Å². The van der Waals surface area contributed by atoms with Gasteiger partial charge in [-0.05, 0) is 31.0 Å². The van der Waals surface area contributed by atoms with Crippen molar-refractivity contribution in [2.45, 2.75) is 25.1 Å². The lowest BCUT2D eigenvalue weighted by atomic mass is 10.1. The highest BCUT2D eigenvalue weighted by Gasteiger charge is 2.31. The van der Waals surface area contributed by atoms with Crippen molar-refractivity contribution in [1.82, 2.24) is 19.7 Å². The van der Waals surface area contributed by atoms with Crippen LogP contribution in [0, 0.1) is 0 Å². The summed E-state index contributed by atoms with van der Waals surface area (Å²) < 4.78 is 40.3. The molecule has 10 heteroatoms. The second kappa shape index (κ2) is 7.42. The number of amides is 1. The number of carbonyl (C=O) groups is 1. The van der Waals surface area contributed by atoms with Crippen LogP contribution >= 0.6 is 0 Å². The van der Waals surface area contributed by atoms with Gasteiger partial charge in [-0.2, -0.15) is 18.3 Å². The topological polar surface area (TPSA) is 83.3 Å². The van der Waals surface area contributed by atoms with Gasteiger partial charge in [0.2, 0.25) is 5.91 Å². The van der Waals surface area contributed by atoms with Gasteiger partial charge in [0.15, 0.2) is 0 Å². The predicted molar refractivity (Wildman–Crippen MR) is 86.7 cm³/mol. The zero-order valence-corrected chi connectivity index (χ0v) is 13.8. The maximum Gasteiger partial charge on any atom is 0.416 e. The fourth-order valence-electron chi connectivity index (χ4n) is 2.82. The molecule has 1 saturated heterocycles. The highest BCUT2D eigenvalue weighted by molar-refractivity contribution is 5.94. The number of hydrogen-bond donors (Lipinski definition) is 2. The lowest BCUT2D eigenvalue weighted by molar-refractivity contribution is -0.137. The second-order valence-electron chi connectivity index (χ2n) is 6.13. The molecule has 1 aliphatic rings. The van der Waals surface area contributed by atoms with Crippen LogP contribution in [0.5, 0.6) is 0 Å². The minimum Gasteiger partial charge on any atom is -0.393 e. The number of aliphatic hydroxyl groups excluding tert-OH is 1. The fraction of sp³-hybridized carbons (Fsp3) is 0.438. The number of carbonyl (C=O) groups excluding carboxylic acids is 1. The summed E-state index contributed by atoms with van der Waals surface area (Å²) in [5, 5.41) is 15.9. The Morgan fingerprint density at radius 1 is 1.31 bits per heavy atom. The Balaban J connectivity index is 1.79. The summed E-state index contributed by atoms with van der Waals surface area (Å²) in [5.74, 6) is -0.429. The van der Waals surface area contributed by atoms with Crippen molar-refractivity contribution in [1.29, 1.82) is 0 Å². The Hall–Kier alpha value is -2.46. The molecule has 1 aromatic heterocycles. The Kier molecular flexibility index (Phi) is 5.23.